The van der Waals surface area contributed by atoms with Gasteiger partial charge in [0, 0.05) is 11.6 Å². The number of benzene rings is 2. The lowest BCUT2D eigenvalue weighted by Gasteiger charge is -2.19. The zero-order valence-corrected chi connectivity index (χ0v) is 15.2. The molecule has 1 aliphatic heterocycles. The highest BCUT2D eigenvalue weighted by atomic mass is 19.4. The van der Waals surface area contributed by atoms with E-state index in [1.165, 1.54) is 18.2 Å². The topological polar surface area (TPSA) is 41.6 Å². The SMILES string of the molecule is CN1CCCC1COC(=O)Nc1ccc(F)cc1-c1cccc(C(F)(F)F)c1. The van der Waals surface area contributed by atoms with Gasteiger partial charge in [-0.3, -0.25) is 5.32 Å². The summed E-state index contributed by atoms with van der Waals surface area (Å²) in [7, 11) is 1.95. The number of carbonyl (C=O) groups excluding carboxylic acids is 1. The van der Waals surface area contributed by atoms with E-state index in [0.717, 1.165) is 43.7 Å². The predicted octanol–water partition coefficient (Wildman–Crippen LogP) is 5.15. The maximum atomic E-state index is 13.7. The molecule has 2 aromatic carbocycles. The second-order valence-electron chi connectivity index (χ2n) is 6.77. The van der Waals surface area contributed by atoms with Crippen LogP contribution >= 0.6 is 0 Å². The minimum Gasteiger partial charge on any atom is -0.448 e. The third-order valence-electron chi connectivity index (χ3n) is 4.80. The van der Waals surface area contributed by atoms with Crippen LogP contribution in [-0.4, -0.2) is 37.2 Å². The number of hydrogen-bond acceptors (Lipinski definition) is 3. The molecule has 1 aliphatic rings. The first kappa shape index (κ1) is 20.1. The van der Waals surface area contributed by atoms with Gasteiger partial charge in [-0.1, -0.05) is 12.1 Å². The number of nitrogens with zero attached hydrogens (tertiary/aromatic N) is 1. The zero-order chi connectivity index (χ0) is 20.3. The van der Waals surface area contributed by atoms with E-state index >= 15 is 0 Å². The normalized spacial score (nSPS) is 17.5. The van der Waals surface area contributed by atoms with Crippen LogP contribution in [0.3, 0.4) is 0 Å². The average molecular weight is 396 g/mol. The van der Waals surface area contributed by atoms with Crippen molar-refractivity contribution >= 4 is 11.8 Å². The molecule has 1 unspecified atom stereocenters. The highest BCUT2D eigenvalue weighted by Gasteiger charge is 2.30. The van der Waals surface area contributed by atoms with Gasteiger partial charge in [0.2, 0.25) is 0 Å². The molecule has 1 saturated heterocycles. The van der Waals surface area contributed by atoms with Crippen molar-refractivity contribution < 1.29 is 27.1 Å². The van der Waals surface area contributed by atoms with Gasteiger partial charge in [-0.05, 0) is 62.3 Å². The predicted molar refractivity (Wildman–Crippen MR) is 97.5 cm³/mol. The Kier molecular flexibility index (Phi) is 5.88. The molecule has 3 rings (SSSR count). The largest absolute Gasteiger partial charge is 0.448 e. The summed E-state index contributed by atoms with van der Waals surface area (Å²) in [5.74, 6) is -0.626. The molecule has 1 fully saturated rings. The fourth-order valence-corrected chi connectivity index (χ4v) is 3.24. The van der Waals surface area contributed by atoms with Gasteiger partial charge in [0.1, 0.15) is 12.4 Å². The summed E-state index contributed by atoms with van der Waals surface area (Å²) >= 11 is 0. The number of anilines is 1. The van der Waals surface area contributed by atoms with Crippen molar-refractivity contribution in [3.8, 4) is 11.1 Å². The molecule has 0 bridgehead atoms. The van der Waals surface area contributed by atoms with Crippen LogP contribution in [0.15, 0.2) is 42.5 Å². The molecule has 28 heavy (non-hydrogen) atoms. The summed E-state index contributed by atoms with van der Waals surface area (Å²) in [4.78, 5) is 14.2. The van der Waals surface area contributed by atoms with E-state index in [4.69, 9.17) is 4.74 Å². The van der Waals surface area contributed by atoms with E-state index in [0.29, 0.717) is 0 Å². The van der Waals surface area contributed by atoms with Crippen molar-refractivity contribution in [1.29, 1.82) is 0 Å². The Morgan fingerprint density at radius 1 is 1.25 bits per heavy atom. The first-order valence-electron chi connectivity index (χ1n) is 8.85. The quantitative estimate of drug-likeness (QED) is 0.727. The monoisotopic (exact) mass is 396 g/mol. The molecular weight excluding hydrogens is 376 g/mol. The van der Waals surface area contributed by atoms with E-state index < -0.39 is 23.7 Å². The Hall–Kier alpha value is -2.61. The van der Waals surface area contributed by atoms with Gasteiger partial charge in [-0.15, -0.1) is 0 Å². The summed E-state index contributed by atoms with van der Waals surface area (Å²) in [6, 6.07) is 8.15. The third-order valence-corrected chi connectivity index (χ3v) is 4.80. The number of likely N-dealkylation sites (N-methyl/N-ethyl adjacent to an activating group) is 1. The van der Waals surface area contributed by atoms with Crippen molar-refractivity contribution in [2.75, 3.05) is 25.5 Å². The van der Waals surface area contributed by atoms with Crippen molar-refractivity contribution in [1.82, 2.24) is 4.90 Å². The fraction of sp³-hybridized carbons (Fsp3) is 0.350. The first-order valence-corrected chi connectivity index (χ1v) is 8.85. The van der Waals surface area contributed by atoms with E-state index in [9.17, 15) is 22.4 Å². The van der Waals surface area contributed by atoms with Crippen LogP contribution in [0.4, 0.5) is 28.0 Å². The number of rotatable bonds is 4. The zero-order valence-electron chi connectivity index (χ0n) is 15.2. The number of alkyl halides is 3. The van der Waals surface area contributed by atoms with Gasteiger partial charge in [0.25, 0.3) is 0 Å². The first-order chi connectivity index (χ1) is 13.2. The highest BCUT2D eigenvalue weighted by molar-refractivity contribution is 5.91. The molecule has 0 aromatic heterocycles. The van der Waals surface area contributed by atoms with Crippen molar-refractivity contribution in [3.05, 3.63) is 53.8 Å². The fourth-order valence-electron chi connectivity index (χ4n) is 3.24. The highest BCUT2D eigenvalue weighted by Crippen LogP contribution is 2.35. The van der Waals surface area contributed by atoms with Crippen molar-refractivity contribution in [2.45, 2.75) is 25.1 Å². The summed E-state index contributed by atoms with van der Waals surface area (Å²) in [6.45, 7) is 1.15. The Morgan fingerprint density at radius 2 is 2.04 bits per heavy atom. The molecule has 2 aromatic rings. The maximum absolute atomic E-state index is 13.7. The van der Waals surface area contributed by atoms with Crippen molar-refractivity contribution in [3.63, 3.8) is 0 Å². The molecule has 0 aliphatic carbocycles. The Morgan fingerprint density at radius 3 is 2.71 bits per heavy atom. The number of nitrogens with one attached hydrogen (secondary N) is 1. The molecule has 1 atom stereocenters. The number of hydrogen-bond donors (Lipinski definition) is 1. The molecule has 4 nitrogen and oxygen atoms in total. The van der Waals surface area contributed by atoms with Gasteiger partial charge >= 0.3 is 12.3 Å². The number of halogens is 4. The number of amides is 1. The van der Waals surface area contributed by atoms with E-state index in [1.54, 1.807) is 0 Å². The molecule has 150 valence electrons. The molecule has 0 spiro atoms. The van der Waals surface area contributed by atoms with E-state index in [-0.39, 0.29) is 29.5 Å². The number of carbonyl (C=O) groups is 1. The van der Waals surface area contributed by atoms with Crippen LogP contribution < -0.4 is 5.32 Å². The van der Waals surface area contributed by atoms with Crippen LogP contribution in [0.2, 0.25) is 0 Å². The molecule has 0 radical (unpaired) electrons. The van der Waals surface area contributed by atoms with Gasteiger partial charge in [0.15, 0.2) is 0 Å². The second kappa shape index (κ2) is 8.18. The number of ether oxygens (including phenoxy) is 1. The lowest BCUT2D eigenvalue weighted by molar-refractivity contribution is -0.137. The van der Waals surface area contributed by atoms with E-state index in [1.807, 2.05) is 7.05 Å². The molecule has 1 N–H and O–H groups in total. The standard InChI is InChI=1S/C20H20F4N2O2/c1-26-9-3-6-16(26)12-28-19(27)25-18-8-7-15(21)11-17(18)13-4-2-5-14(10-13)20(22,23)24/h2,4-5,7-8,10-11,16H,3,6,9,12H2,1H3,(H,25,27). The lowest BCUT2D eigenvalue weighted by atomic mass is 10.0. The van der Waals surface area contributed by atoms with Gasteiger partial charge < -0.3 is 9.64 Å². The molecular formula is C20H20F4N2O2. The summed E-state index contributed by atoms with van der Waals surface area (Å²) < 4.78 is 57.9. The van der Waals surface area contributed by atoms with Crippen LogP contribution in [0, 0.1) is 5.82 Å². The molecule has 0 saturated carbocycles. The van der Waals surface area contributed by atoms with Crippen molar-refractivity contribution in [2.24, 2.45) is 0 Å². The summed E-state index contributed by atoms with van der Waals surface area (Å²) in [5.41, 5.74) is -0.404. The van der Waals surface area contributed by atoms with Crippen LogP contribution in [0.1, 0.15) is 18.4 Å². The summed E-state index contributed by atoms with van der Waals surface area (Å²) in [6.07, 6.45) is -3.30. The maximum Gasteiger partial charge on any atom is 0.416 e. The Balaban J connectivity index is 1.78. The van der Waals surface area contributed by atoms with Crippen LogP contribution in [0.5, 0.6) is 0 Å². The Bertz CT molecular complexity index is 854. The van der Waals surface area contributed by atoms with Gasteiger partial charge in [-0.2, -0.15) is 13.2 Å². The van der Waals surface area contributed by atoms with Crippen LogP contribution in [0.25, 0.3) is 11.1 Å². The van der Waals surface area contributed by atoms with Crippen LogP contribution in [-0.2, 0) is 10.9 Å². The minimum atomic E-state index is -4.52. The second-order valence-corrected chi connectivity index (χ2v) is 6.77. The smallest absolute Gasteiger partial charge is 0.416 e. The lowest BCUT2D eigenvalue weighted by Crippen LogP contribution is -2.31. The molecule has 1 amide bonds. The van der Waals surface area contributed by atoms with E-state index in [2.05, 4.69) is 10.2 Å². The summed E-state index contributed by atoms with van der Waals surface area (Å²) in [5, 5.41) is 2.51. The van der Waals surface area contributed by atoms with Gasteiger partial charge in [-0.25, -0.2) is 9.18 Å². The molecule has 1 heterocycles. The minimum absolute atomic E-state index is 0.139. The third kappa shape index (κ3) is 4.81. The average Bonchev–Trinajstić information content (AvgIpc) is 3.06. The van der Waals surface area contributed by atoms with Gasteiger partial charge in [0.05, 0.1) is 11.3 Å². The Labute approximate surface area is 160 Å². The molecule has 8 heteroatoms. The number of likely N-dealkylation sites (tertiary alicyclic amines) is 1.